The second kappa shape index (κ2) is 6.13. The van der Waals surface area contributed by atoms with Gasteiger partial charge in [-0.25, -0.2) is 0 Å². The normalized spacial score (nSPS) is 19.1. The van der Waals surface area contributed by atoms with Crippen LogP contribution in [0.4, 0.5) is 0 Å². The van der Waals surface area contributed by atoms with Gasteiger partial charge in [0.05, 0.1) is 6.10 Å². The molecule has 3 rings (SSSR count). The molecule has 1 N–H and O–H groups in total. The van der Waals surface area contributed by atoms with Gasteiger partial charge in [0, 0.05) is 30.9 Å². The number of ether oxygens (including phenoxy) is 1. The summed E-state index contributed by atoms with van der Waals surface area (Å²) in [5, 5.41) is 6.00. The number of nitrogens with one attached hydrogen (secondary N) is 1. The molecule has 100 valence electrons. The van der Waals surface area contributed by atoms with Gasteiger partial charge >= 0.3 is 0 Å². The summed E-state index contributed by atoms with van der Waals surface area (Å²) >= 11 is 0. The summed E-state index contributed by atoms with van der Waals surface area (Å²) in [6.45, 7) is 2.83. The maximum Gasteiger partial charge on any atom is 0.0588 e. The van der Waals surface area contributed by atoms with E-state index in [4.69, 9.17) is 4.74 Å². The Morgan fingerprint density at radius 2 is 2.21 bits per heavy atom. The number of hydrogen-bond donors (Lipinski definition) is 1. The van der Waals surface area contributed by atoms with Crippen molar-refractivity contribution in [1.82, 2.24) is 10.3 Å². The van der Waals surface area contributed by atoms with E-state index in [0.29, 0.717) is 6.10 Å². The molecule has 2 aromatic rings. The molecule has 3 nitrogen and oxygen atoms in total. The molecule has 1 aliphatic heterocycles. The maximum atomic E-state index is 5.62. The highest BCUT2D eigenvalue weighted by atomic mass is 16.5. The van der Waals surface area contributed by atoms with E-state index in [-0.39, 0.29) is 0 Å². The van der Waals surface area contributed by atoms with E-state index in [1.165, 1.54) is 29.2 Å². The summed E-state index contributed by atoms with van der Waals surface area (Å²) in [6.07, 6.45) is 7.90. The first-order valence-corrected chi connectivity index (χ1v) is 7.07. The molecule has 1 unspecified atom stereocenters. The molecule has 0 spiro atoms. The Kier molecular flexibility index (Phi) is 4.06. The average molecular weight is 256 g/mol. The van der Waals surface area contributed by atoms with Gasteiger partial charge in [0.1, 0.15) is 0 Å². The van der Waals surface area contributed by atoms with E-state index < -0.39 is 0 Å². The van der Waals surface area contributed by atoms with Crippen LogP contribution in [0.1, 0.15) is 24.8 Å². The minimum Gasteiger partial charge on any atom is -0.378 e. The lowest BCUT2D eigenvalue weighted by atomic mass is 10.1. The first-order valence-electron chi connectivity index (χ1n) is 7.07. The lowest BCUT2D eigenvalue weighted by molar-refractivity contribution is 0.104. The zero-order chi connectivity index (χ0) is 12.9. The molecular formula is C16H20N2O. The van der Waals surface area contributed by atoms with Crippen molar-refractivity contribution in [3.63, 3.8) is 0 Å². The van der Waals surface area contributed by atoms with Crippen molar-refractivity contribution in [1.29, 1.82) is 0 Å². The van der Waals surface area contributed by atoms with Crippen molar-refractivity contribution < 1.29 is 4.74 Å². The highest BCUT2D eigenvalue weighted by molar-refractivity contribution is 5.84. The molecule has 19 heavy (non-hydrogen) atoms. The predicted octanol–water partition coefficient (Wildman–Crippen LogP) is 2.89. The first kappa shape index (κ1) is 12.6. The molecule has 1 aromatic heterocycles. The molecule has 1 saturated heterocycles. The largest absolute Gasteiger partial charge is 0.378 e. The Hall–Kier alpha value is -1.45. The van der Waals surface area contributed by atoms with Crippen LogP contribution in [0.15, 0.2) is 36.7 Å². The first-order chi connectivity index (χ1) is 9.43. The molecule has 0 radical (unpaired) electrons. The van der Waals surface area contributed by atoms with Crippen molar-refractivity contribution in [3.8, 4) is 0 Å². The monoisotopic (exact) mass is 256 g/mol. The molecule has 1 atom stereocenters. The summed E-state index contributed by atoms with van der Waals surface area (Å²) in [5.74, 6) is 0. The molecule has 0 saturated carbocycles. The van der Waals surface area contributed by atoms with Crippen molar-refractivity contribution in [2.75, 3.05) is 13.2 Å². The SMILES string of the molecule is c1ccc2c(CNCCC3CCCO3)cncc2c1. The second-order valence-electron chi connectivity index (χ2n) is 5.12. The summed E-state index contributed by atoms with van der Waals surface area (Å²) in [6, 6.07) is 8.41. The van der Waals surface area contributed by atoms with E-state index in [1.54, 1.807) is 0 Å². The fraction of sp³-hybridized carbons (Fsp3) is 0.438. The Morgan fingerprint density at radius 1 is 1.26 bits per heavy atom. The molecule has 3 heteroatoms. The fourth-order valence-corrected chi connectivity index (χ4v) is 2.68. The van der Waals surface area contributed by atoms with Gasteiger partial charge in [-0.15, -0.1) is 0 Å². The minimum absolute atomic E-state index is 0.471. The van der Waals surface area contributed by atoms with Crippen molar-refractivity contribution in [2.24, 2.45) is 0 Å². The topological polar surface area (TPSA) is 34.1 Å². The van der Waals surface area contributed by atoms with E-state index in [0.717, 1.165) is 26.1 Å². The fourth-order valence-electron chi connectivity index (χ4n) is 2.68. The number of hydrogen-bond acceptors (Lipinski definition) is 3. The molecular weight excluding hydrogens is 236 g/mol. The predicted molar refractivity (Wildman–Crippen MR) is 77.0 cm³/mol. The molecule has 1 fully saturated rings. The van der Waals surface area contributed by atoms with Gasteiger partial charge in [-0.05, 0) is 36.8 Å². The summed E-state index contributed by atoms with van der Waals surface area (Å²) < 4.78 is 5.62. The van der Waals surface area contributed by atoms with Crippen molar-refractivity contribution in [2.45, 2.75) is 31.9 Å². The number of fused-ring (bicyclic) bond motifs is 1. The zero-order valence-corrected chi connectivity index (χ0v) is 11.1. The van der Waals surface area contributed by atoms with Gasteiger partial charge in [0.25, 0.3) is 0 Å². The summed E-state index contributed by atoms with van der Waals surface area (Å²) in [7, 11) is 0. The van der Waals surface area contributed by atoms with E-state index in [9.17, 15) is 0 Å². The van der Waals surface area contributed by atoms with Gasteiger partial charge in [-0.3, -0.25) is 4.98 Å². The molecule has 2 heterocycles. The highest BCUT2D eigenvalue weighted by Gasteiger charge is 2.14. The number of benzene rings is 1. The smallest absolute Gasteiger partial charge is 0.0588 e. The minimum atomic E-state index is 0.471. The number of nitrogens with zero attached hydrogens (tertiary/aromatic N) is 1. The molecule has 1 aromatic carbocycles. The molecule has 0 amide bonds. The highest BCUT2D eigenvalue weighted by Crippen LogP contribution is 2.17. The Morgan fingerprint density at radius 3 is 3.11 bits per heavy atom. The van der Waals surface area contributed by atoms with Gasteiger partial charge in [-0.1, -0.05) is 24.3 Å². The van der Waals surface area contributed by atoms with Crippen LogP contribution in [0.5, 0.6) is 0 Å². The zero-order valence-electron chi connectivity index (χ0n) is 11.1. The summed E-state index contributed by atoms with van der Waals surface area (Å²) in [5.41, 5.74) is 1.27. The molecule has 0 bridgehead atoms. The van der Waals surface area contributed by atoms with Crippen LogP contribution in [0.25, 0.3) is 10.8 Å². The number of pyridine rings is 1. The van der Waals surface area contributed by atoms with Crippen LogP contribution in [0.3, 0.4) is 0 Å². The third kappa shape index (κ3) is 3.11. The van der Waals surface area contributed by atoms with Gasteiger partial charge in [-0.2, -0.15) is 0 Å². The van der Waals surface area contributed by atoms with Crippen LogP contribution in [-0.2, 0) is 11.3 Å². The van der Waals surface area contributed by atoms with Gasteiger partial charge in [0.15, 0.2) is 0 Å². The van der Waals surface area contributed by atoms with E-state index in [1.807, 2.05) is 12.4 Å². The van der Waals surface area contributed by atoms with Crippen LogP contribution in [0.2, 0.25) is 0 Å². The van der Waals surface area contributed by atoms with E-state index in [2.05, 4.69) is 34.6 Å². The lowest BCUT2D eigenvalue weighted by Crippen LogP contribution is -2.20. The van der Waals surface area contributed by atoms with Crippen LogP contribution < -0.4 is 5.32 Å². The molecule has 1 aliphatic rings. The Bertz CT molecular complexity index is 530. The van der Waals surface area contributed by atoms with Crippen molar-refractivity contribution in [3.05, 3.63) is 42.2 Å². The quantitative estimate of drug-likeness (QED) is 0.835. The third-order valence-corrected chi connectivity index (χ3v) is 3.73. The second-order valence-corrected chi connectivity index (χ2v) is 5.12. The van der Waals surface area contributed by atoms with Crippen LogP contribution in [0, 0.1) is 0 Å². The number of aromatic nitrogens is 1. The van der Waals surface area contributed by atoms with Crippen molar-refractivity contribution >= 4 is 10.8 Å². The Balaban J connectivity index is 1.56. The van der Waals surface area contributed by atoms with Gasteiger partial charge in [0.2, 0.25) is 0 Å². The third-order valence-electron chi connectivity index (χ3n) is 3.73. The van der Waals surface area contributed by atoms with E-state index >= 15 is 0 Å². The number of rotatable bonds is 5. The lowest BCUT2D eigenvalue weighted by Gasteiger charge is -2.11. The standard InChI is InChI=1S/C16H20N2O/c1-2-6-16-13(4-1)10-18-12-14(16)11-17-8-7-15-5-3-9-19-15/h1-2,4,6,10,12,15,17H,3,5,7-9,11H2. The Labute approximate surface area is 114 Å². The van der Waals surface area contributed by atoms with Crippen LogP contribution >= 0.6 is 0 Å². The van der Waals surface area contributed by atoms with Crippen LogP contribution in [-0.4, -0.2) is 24.2 Å². The van der Waals surface area contributed by atoms with Gasteiger partial charge < -0.3 is 10.1 Å². The summed E-state index contributed by atoms with van der Waals surface area (Å²) in [4.78, 5) is 4.30. The molecule has 0 aliphatic carbocycles. The maximum absolute atomic E-state index is 5.62. The average Bonchev–Trinajstić information content (AvgIpc) is 2.97.